The molecule has 7 heteroatoms. The van der Waals surface area contributed by atoms with Gasteiger partial charge in [-0.2, -0.15) is 11.8 Å². The second-order valence-electron chi connectivity index (χ2n) is 5.51. The summed E-state index contributed by atoms with van der Waals surface area (Å²) in [7, 11) is 0. The third-order valence-corrected chi connectivity index (χ3v) is 4.93. The van der Waals surface area contributed by atoms with Gasteiger partial charge in [0.2, 0.25) is 12.7 Å². The molecule has 0 aliphatic carbocycles. The van der Waals surface area contributed by atoms with E-state index in [2.05, 4.69) is 10.3 Å². The van der Waals surface area contributed by atoms with Crippen LogP contribution in [0.3, 0.4) is 0 Å². The second kappa shape index (κ2) is 6.60. The van der Waals surface area contributed by atoms with Crippen LogP contribution < -0.4 is 19.5 Å². The summed E-state index contributed by atoms with van der Waals surface area (Å²) in [6.07, 6.45) is 2.78. The number of nitrogens with zero attached hydrogens (tertiary/aromatic N) is 1. The van der Waals surface area contributed by atoms with Crippen LogP contribution in [-0.4, -0.2) is 35.3 Å². The molecule has 3 heterocycles. The molecule has 1 atom stereocenters. The predicted octanol–water partition coefficient (Wildman–Crippen LogP) is 2.95. The summed E-state index contributed by atoms with van der Waals surface area (Å²) in [6, 6.07) is 8.63. The number of thioether (sulfide) groups is 1. The van der Waals surface area contributed by atoms with E-state index in [0.717, 1.165) is 17.9 Å². The van der Waals surface area contributed by atoms with E-state index in [0.29, 0.717) is 28.6 Å². The lowest BCUT2D eigenvalue weighted by atomic mass is 10.2. The van der Waals surface area contributed by atoms with Crippen molar-refractivity contribution < 1.29 is 19.0 Å². The number of amides is 1. The summed E-state index contributed by atoms with van der Waals surface area (Å²) < 4.78 is 16.4. The van der Waals surface area contributed by atoms with Crippen molar-refractivity contribution in [2.75, 3.05) is 23.6 Å². The van der Waals surface area contributed by atoms with Gasteiger partial charge in [0.1, 0.15) is 6.10 Å². The second-order valence-corrected chi connectivity index (χ2v) is 6.66. The van der Waals surface area contributed by atoms with Crippen molar-refractivity contribution in [2.45, 2.75) is 12.5 Å². The zero-order chi connectivity index (χ0) is 16.4. The molecule has 0 radical (unpaired) electrons. The molecule has 1 aromatic heterocycles. The Hall–Kier alpha value is -2.41. The Balaban J connectivity index is 1.45. The molecular weight excluding hydrogens is 328 g/mol. The highest BCUT2D eigenvalue weighted by Crippen LogP contribution is 2.34. The molecule has 2 aromatic rings. The van der Waals surface area contributed by atoms with Crippen LogP contribution in [0, 0.1) is 0 Å². The normalized spacial score (nSPS) is 18.4. The number of hydrogen-bond donors (Lipinski definition) is 1. The van der Waals surface area contributed by atoms with E-state index in [-0.39, 0.29) is 18.8 Å². The lowest BCUT2D eigenvalue weighted by Crippen LogP contribution is -2.17. The molecule has 124 valence electrons. The van der Waals surface area contributed by atoms with Gasteiger partial charge in [0.25, 0.3) is 5.91 Å². The minimum atomic E-state index is -0.220. The first-order chi connectivity index (χ1) is 11.8. The van der Waals surface area contributed by atoms with Gasteiger partial charge in [-0.3, -0.25) is 4.79 Å². The molecule has 1 N–H and O–H groups in total. The fourth-order valence-corrected chi connectivity index (χ4v) is 3.66. The van der Waals surface area contributed by atoms with Crippen LogP contribution in [0.25, 0.3) is 0 Å². The first kappa shape index (κ1) is 15.1. The van der Waals surface area contributed by atoms with Gasteiger partial charge in [0.05, 0.1) is 0 Å². The maximum atomic E-state index is 12.4. The molecule has 0 saturated carbocycles. The Bertz CT molecular complexity index is 762. The van der Waals surface area contributed by atoms with E-state index in [1.807, 2.05) is 11.8 Å². The molecule has 0 spiro atoms. The lowest BCUT2D eigenvalue weighted by molar-refractivity contribution is 0.102. The number of carbonyl (C=O) groups excluding carboxylic acids is 1. The van der Waals surface area contributed by atoms with Gasteiger partial charge in [0.15, 0.2) is 11.5 Å². The Labute approximate surface area is 143 Å². The zero-order valence-electron chi connectivity index (χ0n) is 12.9. The molecule has 24 heavy (non-hydrogen) atoms. The highest BCUT2D eigenvalue weighted by molar-refractivity contribution is 7.99. The summed E-state index contributed by atoms with van der Waals surface area (Å²) in [5.74, 6) is 3.65. The quantitative estimate of drug-likeness (QED) is 0.920. The Morgan fingerprint density at radius 2 is 2.17 bits per heavy atom. The number of benzene rings is 1. The summed E-state index contributed by atoms with van der Waals surface area (Å²) in [4.78, 5) is 16.6. The summed E-state index contributed by atoms with van der Waals surface area (Å²) >= 11 is 1.87. The summed E-state index contributed by atoms with van der Waals surface area (Å²) in [5.41, 5.74) is 1.15. The number of hydrogen-bond acceptors (Lipinski definition) is 6. The molecule has 0 bridgehead atoms. The number of carbonyl (C=O) groups is 1. The molecule has 1 amide bonds. The number of anilines is 1. The number of rotatable bonds is 4. The summed E-state index contributed by atoms with van der Waals surface area (Å²) in [5, 5.41) is 2.85. The van der Waals surface area contributed by atoms with Crippen molar-refractivity contribution in [1.29, 1.82) is 0 Å². The number of fused-ring (bicyclic) bond motifs is 1. The van der Waals surface area contributed by atoms with Gasteiger partial charge >= 0.3 is 0 Å². The Morgan fingerprint density at radius 3 is 3.04 bits per heavy atom. The van der Waals surface area contributed by atoms with Crippen LogP contribution in [0.15, 0.2) is 36.5 Å². The van der Waals surface area contributed by atoms with Crippen LogP contribution in [0.1, 0.15) is 16.8 Å². The van der Waals surface area contributed by atoms with Crippen LogP contribution in [-0.2, 0) is 0 Å². The van der Waals surface area contributed by atoms with Crippen LogP contribution >= 0.6 is 11.8 Å². The van der Waals surface area contributed by atoms with E-state index in [1.165, 1.54) is 0 Å². The highest BCUT2D eigenvalue weighted by Gasteiger charge is 2.19. The van der Waals surface area contributed by atoms with Crippen molar-refractivity contribution in [3.05, 3.63) is 42.1 Å². The van der Waals surface area contributed by atoms with Crippen LogP contribution in [0.2, 0.25) is 0 Å². The van der Waals surface area contributed by atoms with Gasteiger partial charge in [-0.05, 0) is 30.4 Å². The van der Waals surface area contributed by atoms with Crippen molar-refractivity contribution in [1.82, 2.24) is 4.98 Å². The monoisotopic (exact) mass is 344 g/mol. The van der Waals surface area contributed by atoms with Crippen LogP contribution in [0.4, 0.5) is 5.69 Å². The smallest absolute Gasteiger partial charge is 0.255 e. The number of ether oxygens (including phenoxy) is 3. The number of aromatic nitrogens is 1. The highest BCUT2D eigenvalue weighted by atomic mass is 32.2. The molecule has 4 rings (SSSR count). The maximum Gasteiger partial charge on any atom is 0.255 e. The fraction of sp³-hybridized carbons (Fsp3) is 0.294. The zero-order valence-corrected chi connectivity index (χ0v) is 13.7. The molecule has 1 aromatic carbocycles. The standard InChI is InChI=1S/C17H16N2O4S/c20-17(19-12-1-2-14-15(8-12)22-10-21-14)11-3-5-18-16(7-11)23-13-4-6-24-9-13/h1-3,5,7-8,13H,4,6,9-10H2,(H,19,20)/t13-/m1/s1. The molecule has 1 saturated heterocycles. The van der Waals surface area contributed by atoms with Gasteiger partial charge in [-0.1, -0.05) is 0 Å². The van der Waals surface area contributed by atoms with E-state index in [1.54, 1.807) is 36.5 Å². The number of pyridine rings is 1. The first-order valence-corrected chi connectivity index (χ1v) is 8.85. The van der Waals surface area contributed by atoms with Gasteiger partial charge in [-0.25, -0.2) is 4.98 Å². The summed E-state index contributed by atoms with van der Waals surface area (Å²) in [6.45, 7) is 0.206. The first-order valence-electron chi connectivity index (χ1n) is 7.69. The Morgan fingerprint density at radius 1 is 1.25 bits per heavy atom. The van der Waals surface area contributed by atoms with E-state index < -0.39 is 0 Å². The van der Waals surface area contributed by atoms with Crippen LogP contribution in [0.5, 0.6) is 17.4 Å². The fourth-order valence-electron chi connectivity index (χ4n) is 2.57. The molecule has 2 aliphatic rings. The molecule has 1 fully saturated rings. The largest absolute Gasteiger partial charge is 0.473 e. The minimum Gasteiger partial charge on any atom is -0.473 e. The van der Waals surface area contributed by atoms with Crippen molar-refractivity contribution in [3.63, 3.8) is 0 Å². The van der Waals surface area contributed by atoms with E-state index in [9.17, 15) is 4.79 Å². The topological polar surface area (TPSA) is 69.7 Å². The maximum absolute atomic E-state index is 12.4. The van der Waals surface area contributed by atoms with Crippen molar-refractivity contribution in [2.24, 2.45) is 0 Å². The van der Waals surface area contributed by atoms with E-state index >= 15 is 0 Å². The molecule has 2 aliphatic heterocycles. The predicted molar refractivity (Wildman–Crippen MR) is 91.1 cm³/mol. The minimum absolute atomic E-state index is 0.176. The number of nitrogens with one attached hydrogen (secondary N) is 1. The molecular formula is C17H16N2O4S. The molecule has 6 nitrogen and oxygen atoms in total. The SMILES string of the molecule is O=C(Nc1ccc2c(c1)OCO2)c1ccnc(O[C@@H]2CCSC2)c1. The molecule has 0 unspecified atom stereocenters. The average molecular weight is 344 g/mol. The van der Waals surface area contributed by atoms with E-state index in [4.69, 9.17) is 14.2 Å². The Kier molecular flexibility index (Phi) is 4.17. The third-order valence-electron chi connectivity index (χ3n) is 3.80. The van der Waals surface area contributed by atoms with Crippen molar-refractivity contribution >= 4 is 23.4 Å². The third kappa shape index (κ3) is 3.26. The average Bonchev–Trinajstić information content (AvgIpc) is 3.26. The van der Waals surface area contributed by atoms with Gasteiger partial charge in [0, 0.05) is 35.3 Å². The van der Waals surface area contributed by atoms with Crippen molar-refractivity contribution in [3.8, 4) is 17.4 Å². The van der Waals surface area contributed by atoms with Gasteiger partial charge < -0.3 is 19.5 Å². The van der Waals surface area contributed by atoms with Gasteiger partial charge in [-0.15, -0.1) is 0 Å². The lowest BCUT2D eigenvalue weighted by Gasteiger charge is -2.12.